The van der Waals surface area contributed by atoms with Gasteiger partial charge in [-0.1, -0.05) is 4.63 Å². The molecule has 1 aromatic heterocycles. The zero-order valence-corrected chi connectivity index (χ0v) is 5.28. The molecule has 0 saturated carbocycles. The maximum atomic E-state index is 4.97. The maximum absolute atomic E-state index is 4.97. The monoisotopic (exact) mass is 141 g/mol. The first kappa shape index (κ1) is 6.16. The molecule has 0 saturated heterocycles. The minimum atomic E-state index is 0.708. The van der Waals surface area contributed by atoms with E-state index >= 15 is 0 Å². The zero-order chi connectivity index (χ0) is 6.53. The zero-order valence-electron chi connectivity index (χ0n) is 4.53. The van der Waals surface area contributed by atoms with Gasteiger partial charge in [-0.25, -0.2) is 0 Å². The van der Waals surface area contributed by atoms with Crippen molar-refractivity contribution in [3.8, 4) is 0 Å². The quantitative estimate of drug-likeness (QED) is 0.553. The topological polar surface area (TPSA) is 37.6 Å². The lowest BCUT2D eigenvalue weighted by Crippen LogP contribution is -1.64. The molecular weight excluding hydrogens is 138 g/mol. The summed E-state index contributed by atoms with van der Waals surface area (Å²) in [5.74, 6) is 0. The molecule has 0 atom stereocenters. The van der Waals surface area contributed by atoms with Crippen LogP contribution in [0.3, 0.4) is 0 Å². The molecule has 0 amide bonds. The van der Waals surface area contributed by atoms with Gasteiger partial charge in [0.1, 0.15) is 0 Å². The van der Waals surface area contributed by atoms with Crippen molar-refractivity contribution in [2.75, 3.05) is 0 Å². The number of pyridine rings is 1. The smallest absolute Gasteiger partial charge is 0.0898 e. The molecule has 1 aromatic rings. The predicted octanol–water partition coefficient (Wildman–Crippen LogP) is 2.32. The van der Waals surface area contributed by atoms with Gasteiger partial charge in [0.25, 0.3) is 0 Å². The molecule has 4 heteroatoms. The van der Waals surface area contributed by atoms with Crippen molar-refractivity contribution < 1.29 is 0 Å². The molecule has 0 fully saturated rings. The Morgan fingerprint density at radius 3 is 2.56 bits per heavy atom. The van der Waals surface area contributed by atoms with Gasteiger partial charge in [0.2, 0.25) is 0 Å². The molecule has 46 valence electrons. The molecule has 0 N–H and O–H groups in total. The third-order valence-electron chi connectivity index (χ3n) is 0.816. The summed E-state index contributed by atoms with van der Waals surface area (Å²) >= 11 is 4.97. The van der Waals surface area contributed by atoms with Crippen molar-refractivity contribution in [1.29, 1.82) is 0 Å². The molecule has 0 spiro atoms. The van der Waals surface area contributed by atoms with Crippen molar-refractivity contribution in [2.45, 2.75) is 0 Å². The lowest BCUT2D eigenvalue weighted by molar-refractivity contribution is 1.26. The Morgan fingerprint density at radius 2 is 2.00 bits per heavy atom. The highest BCUT2D eigenvalue weighted by molar-refractivity contribution is 6.14. The van der Waals surface area contributed by atoms with Crippen LogP contribution in [0.4, 0.5) is 5.69 Å². The average molecular weight is 142 g/mol. The fourth-order valence-corrected chi connectivity index (χ4v) is 0.542. The Morgan fingerprint density at radius 1 is 1.33 bits per heavy atom. The molecule has 0 aliphatic heterocycles. The number of hydrogen-bond donors (Lipinski definition) is 0. The van der Waals surface area contributed by atoms with E-state index in [1.165, 1.54) is 0 Å². The highest BCUT2D eigenvalue weighted by Gasteiger charge is 1.81. The van der Waals surface area contributed by atoms with Gasteiger partial charge in [-0.3, -0.25) is 4.98 Å². The Labute approximate surface area is 57.5 Å². The lowest BCUT2D eigenvalue weighted by Gasteiger charge is -1.83. The summed E-state index contributed by atoms with van der Waals surface area (Å²) in [7, 11) is 0. The molecular formula is C5H4ClN3. The predicted molar refractivity (Wildman–Crippen MR) is 34.6 cm³/mol. The van der Waals surface area contributed by atoms with E-state index in [1.807, 2.05) is 0 Å². The van der Waals surface area contributed by atoms with Crippen LogP contribution in [0.2, 0.25) is 0 Å². The Bertz CT molecular complexity index is 197. The van der Waals surface area contributed by atoms with Crippen LogP contribution in [0.15, 0.2) is 34.3 Å². The molecule has 0 radical (unpaired) electrons. The highest BCUT2D eigenvalue weighted by atomic mass is 35.5. The lowest BCUT2D eigenvalue weighted by atomic mass is 10.4. The molecule has 0 aromatic carbocycles. The Hall–Kier alpha value is -0.960. The van der Waals surface area contributed by atoms with Crippen LogP contribution >= 0.6 is 11.8 Å². The minimum absolute atomic E-state index is 0.708. The number of rotatable bonds is 1. The highest BCUT2D eigenvalue weighted by Crippen LogP contribution is 2.08. The van der Waals surface area contributed by atoms with E-state index in [9.17, 15) is 0 Å². The molecule has 1 heterocycles. The van der Waals surface area contributed by atoms with E-state index < -0.39 is 0 Å². The third kappa shape index (κ3) is 1.77. The molecule has 9 heavy (non-hydrogen) atoms. The second-order valence-electron chi connectivity index (χ2n) is 1.38. The summed E-state index contributed by atoms with van der Waals surface area (Å²) in [6.45, 7) is 0. The summed E-state index contributed by atoms with van der Waals surface area (Å²) in [6.07, 6.45) is 3.25. The summed E-state index contributed by atoms with van der Waals surface area (Å²) in [5.41, 5.74) is 0.708. The summed E-state index contributed by atoms with van der Waals surface area (Å²) in [4.78, 5) is 3.78. The van der Waals surface area contributed by atoms with E-state index in [0.29, 0.717) is 5.69 Å². The van der Waals surface area contributed by atoms with Gasteiger partial charge in [-0.15, -0.1) is 5.11 Å². The van der Waals surface area contributed by atoms with E-state index in [0.717, 1.165) is 0 Å². The van der Waals surface area contributed by atoms with E-state index in [1.54, 1.807) is 24.5 Å². The van der Waals surface area contributed by atoms with Crippen LogP contribution in [-0.2, 0) is 0 Å². The fraction of sp³-hybridized carbons (Fsp3) is 0. The van der Waals surface area contributed by atoms with Crippen molar-refractivity contribution >= 4 is 17.5 Å². The molecule has 1 rings (SSSR count). The van der Waals surface area contributed by atoms with Gasteiger partial charge >= 0.3 is 0 Å². The van der Waals surface area contributed by atoms with E-state index in [2.05, 4.69) is 14.7 Å². The fourth-order valence-electron chi connectivity index (χ4n) is 0.454. The second kappa shape index (κ2) is 3.14. The number of hydrogen-bond acceptors (Lipinski definition) is 3. The first-order valence-corrected chi connectivity index (χ1v) is 2.69. The van der Waals surface area contributed by atoms with Crippen LogP contribution in [0.25, 0.3) is 0 Å². The van der Waals surface area contributed by atoms with Crippen LogP contribution in [0.5, 0.6) is 0 Å². The Balaban J connectivity index is 2.85. The van der Waals surface area contributed by atoms with Crippen LogP contribution < -0.4 is 0 Å². The van der Waals surface area contributed by atoms with Gasteiger partial charge in [-0.2, -0.15) is 0 Å². The first-order valence-electron chi connectivity index (χ1n) is 2.35. The summed E-state index contributed by atoms with van der Waals surface area (Å²) in [5, 5.41) is 3.56. The van der Waals surface area contributed by atoms with Gasteiger partial charge in [0.15, 0.2) is 0 Å². The Kier molecular flexibility index (Phi) is 2.15. The van der Waals surface area contributed by atoms with Crippen molar-refractivity contribution in [3.63, 3.8) is 0 Å². The molecule has 0 aliphatic carbocycles. The van der Waals surface area contributed by atoms with Crippen molar-refractivity contribution in [1.82, 2.24) is 4.98 Å². The minimum Gasteiger partial charge on any atom is -0.265 e. The number of aromatic nitrogens is 1. The summed E-state index contributed by atoms with van der Waals surface area (Å²) < 4.78 is 3.08. The molecule has 0 aliphatic rings. The normalized spacial score (nSPS) is 10.3. The van der Waals surface area contributed by atoms with Gasteiger partial charge < -0.3 is 0 Å². The number of nitrogens with zero attached hydrogens (tertiary/aromatic N) is 3. The van der Waals surface area contributed by atoms with Crippen LogP contribution in [-0.4, -0.2) is 4.98 Å². The standard InChI is InChI=1S/C5H4ClN3/c6-9-8-5-1-3-7-4-2-5/h1-4H/b9-8+. The second-order valence-corrected chi connectivity index (χ2v) is 1.53. The average Bonchev–Trinajstić information content (AvgIpc) is 1.91. The molecule has 0 bridgehead atoms. The molecule has 3 nitrogen and oxygen atoms in total. The summed E-state index contributed by atoms with van der Waals surface area (Å²) in [6, 6.07) is 3.43. The SMILES string of the molecule is Cl/N=N/c1ccncc1. The van der Waals surface area contributed by atoms with Gasteiger partial charge in [0, 0.05) is 12.4 Å². The van der Waals surface area contributed by atoms with Gasteiger partial charge in [-0.05, 0) is 12.1 Å². The van der Waals surface area contributed by atoms with E-state index in [-0.39, 0.29) is 0 Å². The van der Waals surface area contributed by atoms with Crippen LogP contribution in [0.1, 0.15) is 0 Å². The molecule has 0 unspecified atom stereocenters. The van der Waals surface area contributed by atoms with E-state index in [4.69, 9.17) is 11.8 Å². The first-order chi connectivity index (χ1) is 4.43. The number of halogens is 1. The maximum Gasteiger partial charge on any atom is 0.0898 e. The van der Waals surface area contributed by atoms with Crippen LogP contribution in [0, 0.1) is 0 Å². The van der Waals surface area contributed by atoms with Crippen molar-refractivity contribution in [3.05, 3.63) is 24.5 Å². The van der Waals surface area contributed by atoms with Crippen molar-refractivity contribution in [2.24, 2.45) is 9.75 Å². The van der Waals surface area contributed by atoms with Gasteiger partial charge in [0.05, 0.1) is 17.5 Å². The third-order valence-corrected chi connectivity index (χ3v) is 0.892. The largest absolute Gasteiger partial charge is 0.265 e.